The van der Waals surface area contributed by atoms with E-state index in [9.17, 15) is 14.4 Å². The standard InChI is InChI=1S/C26H30N6O3/c33-24(10-13-30-14-12-27-20-30)29-22-6-4-5-21(19-22)26(35)28-11-9-25(34)32-17-15-31(16-18-32)23-7-2-1-3-8-23/h1-8,12,14,19-20H,9-11,13,15-18H2,(H,28,35)(H,29,33). The maximum atomic E-state index is 12.6. The molecule has 0 radical (unpaired) electrons. The van der Waals surface area contributed by atoms with Crippen LogP contribution >= 0.6 is 0 Å². The van der Waals surface area contributed by atoms with Crippen LogP contribution in [0.2, 0.25) is 0 Å². The number of amides is 3. The number of carbonyl (C=O) groups is 3. The molecule has 2 aromatic carbocycles. The van der Waals surface area contributed by atoms with Crippen LogP contribution in [0, 0.1) is 0 Å². The Kier molecular flexibility index (Phi) is 8.11. The van der Waals surface area contributed by atoms with Crippen LogP contribution in [0.3, 0.4) is 0 Å². The Bertz CT molecular complexity index is 1130. The highest BCUT2D eigenvalue weighted by atomic mass is 16.2. The molecule has 1 fully saturated rings. The average molecular weight is 475 g/mol. The highest BCUT2D eigenvalue weighted by molar-refractivity contribution is 5.97. The quantitative estimate of drug-likeness (QED) is 0.496. The maximum Gasteiger partial charge on any atom is 0.251 e. The summed E-state index contributed by atoms with van der Waals surface area (Å²) in [5, 5.41) is 5.62. The summed E-state index contributed by atoms with van der Waals surface area (Å²) < 4.78 is 1.83. The Hall–Kier alpha value is -4.14. The van der Waals surface area contributed by atoms with E-state index in [4.69, 9.17) is 0 Å². The first kappa shape index (κ1) is 24.0. The second kappa shape index (κ2) is 11.8. The minimum atomic E-state index is -0.277. The number of carbonyl (C=O) groups excluding carboxylic acids is 3. The Labute approximate surface area is 204 Å². The van der Waals surface area contributed by atoms with E-state index in [0.717, 1.165) is 13.1 Å². The van der Waals surface area contributed by atoms with Crippen LogP contribution in [0.1, 0.15) is 23.2 Å². The van der Waals surface area contributed by atoms with Crippen LogP contribution in [0.4, 0.5) is 11.4 Å². The predicted octanol–water partition coefficient (Wildman–Crippen LogP) is 2.38. The third kappa shape index (κ3) is 6.92. The first-order chi connectivity index (χ1) is 17.1. The van der Waals surface area contributed by atoms with Crippen molar-refractivity contribution in [1.82, 2.24) is 19.8 Å². The summed E-state index contributed by atoms with van der Waals surface area (Å²) in [5.41, 5.74) is 2.16. The monoisotopic (exact) mass is 474 g/mol. The molecule has 0 atom stereocenters. The molecule has 2 N–H and O–H groups in total. The lowest BCUT2D eigenvalue weighted by Crippen LogP contribution is -2.49. The summed E-state index contributed by atoms with van der Waals surface area (Å²) in [6.45, 7) is 3.72. The molecule has 3 amide bonds. The Balaban J connectivity index is 1.18. The number of para-hydroxylation sites is 1. The lowest BCUT2D eigenvalue weighted by Gasteiger charge is -2.36. The Morgan fingerprint density at radius 3 is 2.46 bits per heavy atom. The van der Waals surface area contributed by atoms with E-state index in [-0.39, 0.29) is 30.7 Å². The van der Waals surface area contributed by atoms with Crippen LogP contribution in [0.25, 0.3) is 0 Å². The van der Waals surface area contributed by atoms with E-state index in [1.807, 2.05) is 27.7 Å². The van der Waals surface area contributed by atoms with E-state index >= 15 is 0 Å². The number of benzene rings is 2. The fourth-order valence-corrected chi connectivity index (χ4v) is 4.01. The van der Waals surface area contributed by atoms with Gasteiger partial charge in [-0.15, -0.1) is 0 Å². The number of anilines is 2. The molecule has 1 aliphatic heterocycles. The molecule has 0 spiro atoms. The van der Waals surface area contributed by atoms with Crippen molar-refractivity contribution in [2.75, 3.05) is 42.9 Å². The molecule has 0 unspecified atom stereocenters. The summed E-state index contributed by atoms with van der Waals surface area (Å²) in [6.07, 6.45) is 5.68. The van der Waals surface area contributed by atoms with Gasteiger partial charge in [-0.3, -0.25) is 14.4 Å². The van der Waals surface area contributed by atoms with Gasteiger partial charge in [0.25, 0.3) is 5.91 Å². The molecule has 0 bridgehead atoms. The minimum absolute atomic E-state index is 0.0388. The van der Waals surface area contributed by atoms with Gasteiger partial charge in [-0.25, -0.2) is 4.98 Å². The van der Waals surface area contributed by atoms with Crippen LogP contribution in [-0.4, -0.2) is 64.9 Å². The summed E-state index contributed by atoms with van der Waals surface area (Å²) in [7, 11) is 0. The number of nitrogens with zero attached hydrogens (tertiary/aromatic N) is 4. The van der Waals surface area contributed by atoms with Crippen molar-refractivity contribution in [3.05, 3.63) is 78.9 Å². The van der Waals surface area contributed by atoms with Gasteiger partial charge in [-0.2, -0.15) is 0 Å². The summed E-state index contributed by atoms with van der Waals surface area (Å²) in [5.74, 6) is -0.382. The third-order valence-corrected chi connectivity index (χ3v) is 5.94. The zero-order chi connectivity index (χ0) is 24.5. The maximum absolute atomic E-state index is 12.6. The molecule has 9 heteroatoms. The third-order valence-electron chi connectivity index (χ3n) is 5.94. The Morgan fingerprint density at radius 2 is 1.71 bits per heavy atom. The van der Waals surface area contributed by atoms with E-state index < -0.39 is 0 Å². The van der Waals surface area contributed by atoms with Gasteiger partial charge in [0.2, 0.25) is 11.8 Å². The lowest BCUT2D eigenvalue weighted by molar-refractivity contribution is -0.131. The Morgan fingerprint density at radius 1 is 0.914 bits per heavy atom. The van der Waals surface area contributed by atoms with E-state index in [0.29, 0.717) is 37.3 Å². The fraction of sp³-hybridized carbons (Fsp3) is 0.308. The van der Waals surface area contributed by atoms with Crippen molar-refractivity contribution in [1.29, 1.82) is 0 Å². The SMILES string of the molecule is O=C(CCn1ccnc1)Nc1cccc(C(=O)NCCC(=O)N2CCN(c3ccccc3)CC2)c1. The number of aryl methyl sites for hydroxylation is 1. The van der Waals surface area contributed by atoms with Gasteiger partial charge in [0.05, 0.1) is 6.33 Å². The van der Waals surface area contributed by atoms with Gasteiger partial charge < -0.3 is 25.0 Å². The van der Waals surface area contributed by atoms with Crippen LogP contribution < -0.4 is 15.5 Å². The molecular weight excluding hydrogens is 444 g/mol. The van der Waals surface area contributed by atoms with E-state index in [1.54, 1.807) is 43.0 Å². The largest absolute Gasteiger partial charge is 0.368 e. The zero-order valence-corrected chi connectivity index (χ0v) is 19.6. The van der Waals surface area contributed by atoms with Gasteiger partial charge in [0, 0.05) is 81.4 Å². The number of aromatic nitrogens is 2. The average Bonchev–Trinajstić information content (AvgIpc) is 3.42. The van der Waals surface area contributed by atoms with Crippen molar-refractivity contribution < 1.29 is 14.4 Å². The van der Waals surface area contributed by atoms with Crippen LogP contribution in [-0.2, 0) is 16.1 Å². The summed E-state index contributed by atoms with van der Waals surface area (Å²) in [4.78, 5) is 45.4. The second-order valence-electron chi connectivity index (χ2n) is 8.39. The molecule has 1 aromatic heterocycles. The molecule has 182 valence electrons. The molecule has 0 saturated carbocycles. The van der Waals surface area contributed by atoms with E-state index in [1.165, 1.54) is 5.69 Å². The van der Waals surface area contributed by atoms with Gasteiger partial charge in [-0.1, -0.05) is 24.3 Å². The van der Waals surface area contributed by atoms with Crippen molar-refractivity contribution in [2.45, 2.75) is 19.4 Å². The molecule has 3 aromatic rings. The molecule has 0 aliphatic carbocycles. The first-order valence-electron chi connectivity index (χ1n) is 11.8. The lowest BCUT2D eigenvalue weighted by atomic mass is 10.2. The molecule has 2 heterocycles. The van der Waals surface area contributed by atoms with Crippen molar-refractivity contribution in [2.24, 2.45) is 0 Å². The number of hydrogen-bond donors (Lipinski definition) is 2. The number of nitrogens with one attached hydrogen (secondary N) is 2. The molecule has 1 saturated heterocycles. The fourth-order valence-electron chi connectivity index (χ4n) is 4.01. The number of rotatable bonds is 9. The summed E-state index contributed by atoms with van der Waals surface area (Å²) >= 11 is 0. The predicted molar refractivity (Wildman–Crippen MR) is 134 cm³/mol. The van der Waals surface area contributed by atoms with Crippen molar-refractivity contribution >= 4 is 29.1 Å². The zero-order valence-electron chi connectivity index (χ0n) is 19.6. The van der Waals surface area contributed by atoms with Gasteiger partial charge >= 0.3 is 0 Å². The molecular formula is C26H30N6O3. The number of hydrogen-bond acceptors (Lipinski definition) is 5. The molecule has 9 nitrogen and oxygen atoms in total. The van der Waals surface area contributed by atoms with Crippen molar-refractivity contribution in [3.8, 4) is 0 Å². The molecule has 35 heavy (non-hydrogen) atoms. The second-order valence-corrected chi connectivity index (χ2v) is 8.39. The highest BCUT2D eigenvalue weighted by Crippen LogP contribution is 2.16. The van der Waals surface area contributed by atoms with Crippen LogP contribution in [0.15, 0.2) is 73.3 Å². The normalized spacial score (nSPS) is 13.4. The molecule has 1 aliphatic rings. The topological polar surface area (TPSA) is 99.6 Å². The minimum Gasteiger partial charge on any atom is -0.368 e. The smallest absolute Gasteiger partial charge is 0.251 e. The first-order valence-corrected chi connectivity index (χ1v) is 11.8. The molecule has 4 rings (SSSR count). The van der Waals surface area contributed by atoms with Crippen LogP contribution in [0.5, 0.6) is 0 Å². The number of imidazole rings is 1. The summed E-state index contributed by atoms with van der Waals surface area (Å²) in [6, 6.07) is 17.0. The van der Waals surface area contributed by atoms with Gasteiger partial charge in [-0.05, 0) is 30.3 Å². The number of piperazine rings is 1. The van der Waals surface area contributed by atoms with Crippen molar-refractivity contribution in [3.63, 3.8) is 0 Å². The van der Waals surface area contributed by atoms with E-state index in [2.05, 4.69) is 32.7 Å². The highest BCUT2D eigenvalue weighted by Gasteiger charge is 2.21. The van der Waals surface area contributed by atoms with Gasteiger partial charge in [0.15, 0.2) is 0 Å². The van der Waals surface area contributed by atoms with Gasteiger partial charge in [0.1, 0.15) is 0 Å².